The first-order chi connectivity index (χ1) is 10.1. The van der Waals surface area contributed by atoms with Crippen molar-refractivity contribution in [3.05, 3.63) is 59.2 Å². The van der Waals surface area contributed by atoms with Gasteiger partial charge in [0.2, 0.25) is 5.91 Å². The van der Waals surface area contributed by atoms with Crippen LogP contribution in [0.4, 0.5) is 11.4 Å². The van der Waals surface area contributed by atoms with E-state index in [9.17, 15) is 4.79 Å². The van der Waals surface area contributed by atoms with Gasteiger partial charge < -0.3 is 11.1 Å². The lowest BCUT2D eigenvalue weighted by atomic mass is 10.1. The van der Waals surface area contributed by atoms with Gasteiger partial charge in [-0.3, -0.25) is 9.69 Å². The number of carbonyl (C=O) groups is 1. The van der Waals surface area contributed by atoms with Crippen LogP contribution in [0, 0.1) is 6.92 Å². The largest absolute Gasteiger partial charge is 0.397 e. The van der Waals surface area contributed by atoms with Crippen LogP contribution in [0.2, 0.25) is 0 Å². The van der Waals surface area contributed by atoms with Gasteiger partial charge in [0, 0.05) is 13.1 Å². The predicted molar refractivity (Wildman–Crippen MR) is 84.8 cm³/mol. The number of amides is 1. The molecule has 1 aliphatic heterocycles. The standard InChI is InChI=1S/C17H19N3O/c1-12-6-7-16(15(18)8-12)19-17(21)11-20-9-13-4-2-3-5-14(13)10-20/h2-8H,9-11,18H2,1H3,(H,19,21). The lowest BCUT2D eigenvalue weighted by Gasteiger charge is -2.15. The van der Waals surface area contributed by atoms with Crippen LogP contribution in [0.1, 0.15) is 16.7 Å². The number of aryl methyl sites for hydroxylation is 1. The maximum Gasteiger partial charge on any atom is 0.238 e. The summed E-state index contributed by atoms with van der Waals surface area (Å²) in [5.41, 5.74) is 10.9. The van der Waals surface area contributed by atoms with E-state index in [1.54, 1.807) is 0 Å². The summed E-state index contributed by atoms with van der Waals surface area (Å²) in [6.45, 7) is 4.01. The lowest BCUT2D eigenvalue weighted by molar-refractivity contribution is -0.117. The van der Waals surface area contributed by atoms with Gasteiger partial charge in [0.05, 0.1) is 17.9 Å². The van der Waals surface area contributed by atoms with Crippen molar-refractivity contribution in [2.75, 3.05) is 17.6 Å². The molecule has 0 saturated carbocycles. The highest BCUT2D eigenvalue weighted by Crippen LogP contribution is 2.23. The molecule has 2 aromatic carbocycles. The van der Waals surface area contributed by atoms with Crippen LogP contribution >= 0.6 is 0 Å². The van der Waals surface area contributed by atoms with Gasteiger partial charge in [-0.1, -0.05) is 30.3 Å². The number of fused-ring (bicyclic) bond motifs is 1. The molecule has 4 heteroatoms. The maximum absolute atomic E-state index is 12.1. The number of carbonyl (C=O) groups excluding carboxylic acids is 1. The highest BCUT2D eigenvalue weighted by molar-refractivity contribution is 5.95. The fraction of sp³-hybridized carbons (Fsp3) is 0.235. The highest BCUT2D eigenvalue weighted by Gasteiger charge is 2.20. The van der Waals surface area contributed by atoms with E-state index in [2.05, 4.69) is 22.3 Å². The van der Waals surface area contributed by atoms with Gasteiger partial charge in [-0.15, -0.1) is 0 Å². The van der Waals surface area contributed by atoms with E-state index in [0.717, 1.165) is 18.7 Å². The minimum atomic E-state index is -0.0293. The average molecular weight is 281 g/mol. The zero-order valence-corrected chi connectivity index (χ0v) is 12.1. The fourth-order valence-corrected chi connectivity index (χ4v) is 2.70. The van der Waals surface area contributed by atoms with Gasteiger partial charge in [0.15, 0.2) is 0 Å². The Labute approximate surface area is 124 Å². The van der Waals surface area contributed by atoms with E-state index >= 15 is 0 Å². The summed E-state index contributed by atoms with van der Waals surface area (Å²) in [7, 11) is 0. The summed E-state index contributed by atoms with van der Waals surface area (Å²) in [4.78, 5) is 14.3. The van der Waals surface area contributed by atoms with Crippen LogP contribution in [0.25, 0.3) is 0 Å². The molecule has 21 heavy (non-hydrogen) atoms. The van der Waals surface area contributed by atoms with Crippen molar-refractivity contribution in [1.82, 2.24) is 4.90 Å². The Kier molecular flexibility index (Phi) is 3.62. The number of anilines is 2. The van der Waals surface area contributed by atoms with Crippen LogP contribution in [0.5, 0.6) is 0 Å². The van der Waals surface area contributed by atoms with Crippen molar-refractivity contribution < 1.29 is 4.79 Å². The third kappa shape index (κ3) is 3.06. The zero-order valence-electron chi connectivity index (χ0n) is 12.1. The summed E-state index contributed by atoms with van der Waals surface area (Å²) < 4.78 is 0. The average Bonchev–Trinajstić information content (AvgIpc) is 2.84. The molecular formula is C17H19N3O. The molecular weight excluding hydrogens is 262 g/mol. The van der Waals surface area contributed by atoms with E-state index in [4.69, 9.17) is 5.73 Å². The minimum Gasteiger partial charge on any atom is -0.397 e. The lowest BCUT2D eigenvalue weighted by Crippen LogP contribution is -2.29. The summed E-state index contributed by atoms with van der Waals surface area (Å²) in [5, 5.41) is 2.89. The smallest absolute Gasteiger partial charge is 0.238 e. The monoisotopic (exact) mass is 281 g/mol. The molecule has 0 spiro atoms. The number of hydrogen-bond donors (Lipinski definition) is 2. The summed E-state index contributed by atoms with van der Waals surface area (Å²) in [6, 6.07) is 14.0. The molecule has 4 nitrogen and oxygen atoms in total. The van der Waals surface area contributed by atoms with Gasteiger partial charge in [-0.05, 0) is 35.7 Å². The Morgan fingerprint density at radius 3 is 2.48 bits per heavy atom. The Morgan fingerprint density at radius 1 is 1.19 bits per heavy atom. The van der Waals surface area contributed by atoms with Crippen molar-refractivity contribution in [3.63, 3.8) is 0 Å². The molecule has 108 valence electrons. The zero-order chi connectivity index (χ0) is 14.8. The first-order valence-corrected chi connectivity index (χ1v) is 7.07. The SMILES string of the molecule is Cc1ccc(NC(=O)CN2Cc3ccccc3C2)c(N)c1. The molecule has 3 N–H and O–H groups in total. The number of rotatable bonds is 3. The van der Waals surface area contributed by atoms with E-state index < -0.39 is 0 Å². The van der Waals surface area contributed by atoms with E-state index in [1.165, 1.54) is 11.1 Å². The molecule has 1 aliphatic rings. The van der Waals surface area contributed by atoms with Crippen molar-refractivity contribution in [3.8, 4) is 0 Å². The van der Waals surface area contributed by atoms with Gasteiger partial charge in [0.1, 0.15) is 0 Å². The number of benzene rings is 2. The van der Waals surface area contributed by atoms with E-state index in [0.29, 0.717) is 17.9 Å². The molecule has 1 heterocycles. The summed E-state index contributed by atoms with van der Waals surface area (Å²) >= 11 is 0. The summed E-state index contributed by atoms with van der Waals surface area (Å²) in [6.07, 6.45) is 0. The molecule has 0 atom stereocenters. The topological polar surface area (TPSA) is 58.4 Å². The second kappa shape index (κ2) is 5.58. The van der Waals surface area contributed by atoms with Crippen LogP contribution in [-0.2, 0) is 17.9 Å². The van der Waals surface area contributed by atoms with Crippen molar-refractivity contribution in [2.24, 2.45) is 0 Å². The van der Waals surface area contributed by atoms with Crippen LogP contribution in [0.3, 0.4) is 0 Å². The highest BCUT2D eigenvalue weighted by atomic mass is 16.2. The summed E-state index contributed by atoms with van der Waals surface area (Å²) in [5.74, 6) is -0.0293. The van der Waals surface area contributed by atoms with E-state index in [1.807, 2.05) is 37.3 Å². The first-order valence-electron chi connectivity index (χ1n) is 7.07. The quantitative estimate of drug-likeness (QED) is 0.850. The normalized spacial score (nSPS) is 14.0. The van der Waals surface area contributed by atoms with E-state index in [-0.39, 0.29) is 5.91 Å². The number of nitrogens with one attached hydrogen (secondary N) is 1. The fourth-order valence-electron chi connectivity index (χ4n) is 2.70. The van der Waals surface area contributed by atoms with Gasteiger partial charge in [-0.2, -0.15) is 0 Å². The van der Waals surface area contributed by atoms with Crippen molar-refractivity contribution in [2.45, 2.75) is 20.0 Å². The third-order valence-corrected chi connectivity index (χ3v) is 3.75. The van der Waals surface area contributed by atoms with Crippen LogP contribution in [-0.4, -0.2) is 17.4 Å². The molecule has 1 amide bonds. The second-order valence-electron chi connectivity index (χ2n) is 5.55. The van der Waals surface area contributed by atoms with Crippen molar-refractivity contribution in [1.29, 1.82) is 0 Å². The van der Waals surface area contributed by atoms with Crippen molar-refractivity contribution >= 4 is 17.3 Å². The third-order valence-electron chi connectivity index (χ3n) is 3.75. The molecule has 0 radical (unpaired) electrons. The number of nitrogen functional groups attached to an aromatic ring is 1. The Hall–Kier alpha value is -2.33. The molecule has 0 saturated heterocycles. The van der Waals surface area contributed by atoms with Crippen LogP contribution in [0.15, 0.2) is 42.5 Å². The molecule has 3 rings (SSSR count). The molecule has 0 aromatic heterocycles. The van der Waals surface area contributed by atoms with Gasteiger partial charge in [0.25, 0.3) is 0 Å². The molecule has 0 fully saturated rings. The minimum absolute atomic E-state index is 0.0293. The first kappa shape index (κ1) is 13.6. The van der Waals surface area contributed by atoms with Gasteiger partial charge in [-0.25, -0.2) is 0 Å². The number of hydrogen-bond acceptors (Lipinski definition) is 3. The molecule has 2 aromatic rings. The Morgan fingerprint density at radius 2 is 1.86 bits per heavy atom. The Balaban J connectivity index is 1.61. The molecule has 0 unspecified atom stereocenters. The Bertz CT molecular complexity index is 656. The number of nitrogens with two attached hydrogens (primary N) is 1. The number of nitrogens with zero attached hydrogens (tertiary/aromatic N) is 1. The van der Waals surface area contributed by atoms with Gasteiger partial charge >= 0.3 is 0 Å². The second-order valence-corrected chi connectivity index (χ2v) is 5.55. The molecule has 0 aliphatic carbocycles. The van der Waals surface area contributed by atoms with Crippen LogP contribution < -0.4 is 11.1 Å². The predicted octanol–water partition coefficient (Wildman–Crippen LogP) is 2.53. The molecule has 0 bridgehead atoms. The maximum atomic E-state index is 12.1.